The largest absolute Gasteiger partial charge is 0.350 e. The van der Waals surface area contributed by atoms with Crippen LogP contribution in [-0.2, 0) is 0 Å². The van der Waals surface area contributed by atoms with E-state index >= 15 is 0 Å². The molecule has 0 aliphatic carbocycles. The van der Waals surface area contributed by atoms with Gasteiger partial charge in [0.15, 0.2) is 0 Å². The van der Waals surface area contributed by atoms with Crippen LogP contribution in [-0.4, -0.2) is 36.5 Å². The summed E-state index contributed by atoms with van der Waals surface area (Å²) in [5.74, 6) is -0.521. The van der Waals surface area contributed by atoms with E-state index in [1.807, 2.05) is 0 Å². The monoisotopic (exact) mass is 328 g/mol. The summed E-state index contributed by atoms with van der Waals surface area (Å²) in [6.45, 7) is 4.95. The molecule has 1 N–H and O–H groups in total. The molecule has 1 aromatic rings. The van der Waals surface area contributed by atoms with Gasteiger partial charge in [0, 0.05) is 17.1 Å². The zero-order valence-electron chi connectivity index (χ0n) is 11.0. The molecule has 1 saturated heterocycles. The zero-order chi connectivity index (χ0) is 13.8. The highest BCUT2D eigenvalue weighted by Gasteiger charge is 2.19. The topological polar surface area (TPSA) is 32.3 Å². The van der Waals surface area contributed by atoms with Gasteiger partial charge in [-0.1, -0.05) is 0 Å². The van der Waals surface area contributed by atoms with Gasteiger partial charge in [0.2, 0.25) is 0 Å². The number of rotatable bonds is 4. The molecule has 1 amide bonds. The maximum Gasteiger partial charge on any atom is 0.252 e. The van der Waals surface area contributed by atoms with Crippen LogP contribution in [0.3, 0.4) is 0 Å². The predicted octanol–water partition coefficient (Wildman–Crippen LogP) is 2.80. The molecule has 0 radical (unpaired) electrons. The van der Waals surface area contributed by atoms with E-state index in [9.17, 15) is 9.18 Å². The van der Waals surface area contributed by atoms with Crippen LogP contribution in [0.25, 0.3) is 0 Å². The van der Waals surface area contributed by atoms with Crippen molar-refractivity contribution in [3.8, 4) is 0 Å². The number of hydrogen-bond acceptors (Lipinski definition) is 2. The third kappa shape index (κ3) is 3.76. The average Bonchev–Trinajstić information content (AvgIpc) is 2.89. The lowest BCUT2D eigenvalue weighted by molar-refractivity contribution is 0.0939. The van der Waals surface area contributed by atoms with E-state index in [0.717, 1.165) is 13.1 Å². The maximum atomic E-state index is 13.0. The molecule has 0 spiro atoms. The molecule has 1 aliphatic heterocycles. The van der Waals surface area contributed by atoms with Crippen LogP contribution in [0.2, 0.25) is 0 Å². The first-order chi connectivity index (χ1) is 9.08. The second kappa shape index (κ2) is 6.48. The number of carbonyl (C=O) groups is 1. The Labute approximate surface area is 121 Å². The summed E-state index contributed by atoms with van der Waals surface area (Å²) in [6, 6.07) is 4.43. The van der Waals surface area contributed by atoms with Crippen molar-refractivity contribution in [2.45, 2.75) is 25.8 Å². The summed E-state index contributed by atoms with van der Waals surface area (Å²) in [7, 11) is 0. The van der Waals surface area contributed by atoms with Crippen LogP contribution in [0.4, 0.5) is 4.39 Å². The highest BCUT2D eigenvalue weighted by atomic mass is 79.9. The Morgan fingerprint density at radius 2 is 2.16 bits per heavy atom. The van der Waals surface area contributed by atoms with Gasteiger partial charge in [-0.3, -0.25) is 9.69 Å². The van der Waals surface area contributed by atoms with Crippen molar-refractivity contribution in [2.24, 2.45) is 0 Å². The van der Waals surface area contributed by atoms with Crippen LogP contribution in [0.15, 0.2) is 22.7 Å². The molecule has 104 valence electrons. The molecule has 5 heteroatoms. The fourth-order valence-corrected chi connectivity index (χ4v) is 2.85. The van der Waals surface area contributed by atoms with Gasteiger partial charge in [-0.15, -0.1) is 0 Å². The van der Waals surface area contributed by atoms with Crippen molar-refractivity contribution in [1.82, 2.24) is 10.2 Å². The van der Waals surface area contributed by atoms with Crippen molar-refractivity contribution >= 4 is 21.8 Å². The van der Waals surface area contributed by atoms with Gasteiger partial charge in [0.25, 0.3) is 5.91 Å². The normalized spacial score (nSPS) is 17.4. The number of carbonyl (C=O) groups excluding carboxylic acids is 1. The molecular weight excluding hydrogens is 311 g/mol. The molecular formula is C14H18BrFN2O. The van der Waals surface area contributed by atoms with Crippen LogP contribution in [0, 0.1) is 5.82 Å². The van der Waals surface area contributed by atoms with Crippen molar-refractivity contribution in [1.29, 1.82) is 0 Å². The first kappa shape index (κ1) is 14.5. The zero-order valence-corrected chi connectivity index (χ0v) is 12.5. The number of nitrogens with one attached hydrogen (secondary N) is 1. The van der Waals surface area contributed by atoms with Crippen LogP contribution < -0.4 is 5.32 Å². The Balaban J connectivity index is 1.90. The van der Waals surface area contributed by atoms with Gasteiger partial charge < -0.3 is 5.32 Å². The Morgan fingerprint density at radius 1 is 1.47 bits per heavy atom. The van der Waals surface area contributed by atoms with E-state index in [1.165, 1.54) is 31.0 Å². The van der Waals surface area contributed by atoms with Crippen molar-refractivity contribution < 1.29 is 9.18 Å². The van der Waals surface area contributed by atoms with E-state index < -0.39 is 0 Å². The number of benzene rings is 1. The number of amides is 1. The molecule has 0 aromatic heterocycles. The molecule has 1 aliphatic rings. The van der Waals surface area contributed by atoms with Crippen LogP contribution in [0.5, 0.6) is 0 Å². The third-order valence-electron chi connectivity index (χ3n) is 3.50. The molecule has 0 saturated carbocycles. The first-order valence-corrected chi connectivity index (χ1v) is 7.34. The van der Waals surface area contributed by atoms with Crippen molar-refractivity contribution in [2.75, 3.05) is 19.6 Å². The number of likely N-dealkylation sites (tertiary alicyclic amines) is 1. The third-order valence-corrected chi connectivity index (χ3v) is 4.15. The average molecular weight is 329 g/mol. The molecule has 1 fully saturated rings. The van der Waals surface area contributed by atoms with Gasteiger partial charge >= 0.3 is 0 Å². The fraction of sp³-hybridized carbons (Fsp3) is 0.500. The van der Waals surface area contributed by atoms with Gasteiger partial charge in [-0.05, 0) is 67.0 Å². The van der Waals surface area contributed by atoms with E-state index in [1.54, 1.807) is 0 Å². The lowest BCUT2D eigenvalue weighted by Gasteiger charge is -2.23. The Bertz CT molecular complexity index is 461. The molecule has 0 bridgehead atoms. The summed E-state index contributed by atoms with van der Waals surface area (Å²) in [4.78, 5) is 14.4. The van der Waals surface area contributed by atoms with Gasteiger partial charge in [-0.25, -0.2) is 4.39 Å². The lowest BCUT2D eigenvalue weighted by Crippen LogP contribution is -2.40. The molecule has 3 nitrogen and oxygen atoms in total. The second-order valence-electron chi connectivity index (χ2n) is 4.93. The molecule has 19 heavy (non-hydrogen) atoms. The molecule has 1 heterocycles. The molecule has 0 unspecified atom stereocenters. The summed E-state index contributed by atoms with van der Waals surface area (Å²) >= 11 is 3.21. The van der Waals surface area contributed by atoms with E-state index in [0.29, 0.717) is 22.6 Å². The number of halogens is 2. The molecule has 2 rings (SSSR count). The minimum absolute atomic E-state index is 0.169. The quantitative estimate of drug-likeness (QED) is 0.921. The second-order valence-corrected chi connectivity index (χ2v) is 5.78. The van der Waals surface area contributed by atoms with Gasteiger partial charge in [0.05, 0.1) is 5.56 Å². The van der Waals surface area contributed by atoms with Crippen LogP contribution in [0.1, 0.15) is 30.1 Å². The first-order valence-electron chi connectivity index (χ1n) is 6.55. The summed E-state index contributed by atoms with van der Waals surface area (Å²) < 4.78 is 13.4. The van der Waals surface area contributed by atoms with Gasteiger partial charge in [0.1, 0.15) is 5.82 Å². The highest BCUT2D eigenvalue weighted by Crippen LogP contribution is 2.18. The highest BCUT2D eigenvalue weighted by molar-refractivity contribution is 9.10. The van der Waals surface area contributed by atoms with E-state index in [4.69, 9.17) is 0 Å². The molecule has 1 atom stereocenters. The number of hydrogen-bond donors (Lipinski definition) is 1. The van der Waals surface area contributed by atoms with Crippen molar-refractivity contribution in [3.05, 3.63) is 34.1 Å². The summed E-state index contributed by atoms with van der Waals surface area (Å²) in [5, 5.41) is 2.90. The van der Waals surface area contributed by atoms with E-state index in [2.05, 4.69) is 33.1 Å². The van der Waals surface area contributed by atoms with Gasteiger partial charge in [-0.2, -0.15) is 0 Å². The minimum atomic E-state index is -0.353. The predicted molar refractivity (Wildman–Crippen MR) is 76.7 cm³/mol. The summed E-state index contributed by atoms with van der Waals surface area (Å²) in [5.41, 5.74) is 0.468. The minimum Gasteiger partial charge on any atom is -0.350 e. The van der Waals surface area contributed by atoms with Crippen LogP contribution >= 0.6 is 15.9 Å². The Kier molecular flexibility index (Phi) is 4.93. The standard InChI is InChI=1S/C14H18BrFN2O/c1-10(18-6-2-3-7-18)9-17-14(19)12-5-4-11(16)8-13(12)15/h4-5,8,10H,2-3,6-7,9H2,1H3,(H,17,19)/t10-/m0/s1. The van der Waals surface area contributed by atoms with Crippen molar-refractivity contribution in [3.63, 3.8) is 0 Å². The SMILES string of the molecule is C[C@@H](CNC(=O)c1ccc(F)cc1Br)N1CCCC1. The fourth-order valence-electron chi connectivity index (χ4n) is 2.32. The Morgan fingerprint density at radius 3 is 2.79 bits per heavy atom. The molecule has 1 aromatic carbocycles. The van der Waals surface area contributed by atoms with E-state index in [-0.39, 0.29) is 11.7 Å². The lowest BCUT2D eigenvalue weighted by atomic mass is 10.2. The summed E-state index contributed by atoms with van der Waals surface area (Å²) in [6.07, 6.45) is 2.48. The Hall–Kier alpha value is -0.940. The smallest absolute Gasteiger partial charge is 0.252 e. The number of nitrogens with zero attached hydrogens (tertiary/aromatic N) is 1. The maximum absolute atomic E-state index is 13.0.